The number of amides is 1. The van der Waals surface area contributed by atoms with E-state index in [1.54, 1.807) is 42.7 Å². The van der Waals surface area contributed by atoms with E-state index in [0.717, 1.165) is 0 Å². The first-order valence-electron chi connectivity index (χ1n) is 5.61. The normalized spacial score (nSPS) is 9.83. The van der Waals surface area contributed by atoms with Crippen LogP contribution in [0.15, 0.2) is 42.7 Å². The van der Waals surface area contributed by atoms with Crippen LogP contribution in [0.5, 0.6) is 5.75 Å². The van der Waals surface area contributed by atoms with Crippen LogP contribution in [-0.4, -0.2) is 22.5 Å². The van der Waals surface area contributed by atoms with Crippen LogP contribution in [-0.2, 0) is 0 Å². The Kier molecular flexibility index (Phi) is 3.86. The van der Waals surface area contributed by atoms with E-state index >= 15 is 0 Å². The van der Waals surface area contributed by atoms with E-state index in [2.05, 4.69) is 15.3 Å². The number of hydrogen-bond acceptors (Lipinski definition) is 4. The summed E-state index contributed by atoms with van der Waals surface area (Å²) >= 11 is 0. The van der Waals surface area contributed by atoms with Crippen molar-refractivity contribution in [3.63, 3.8) is 0 Å². The highest BCUT2D eigenvalue weighted by atomic mass is 16.5. The van der Waals surface area contributed by atoms with Gasteiger partial charge < -0.3 is 4.74 Å². The number of carbonyl (C=O) groups is 1. The highest BCUT2D eigenvalue weighted by Crippen LogP contribution is 2.14. The minimum atomic E-state index is -0.261. The Balaban J connectivity index is 2.11. The predicted molar refractivity (Wildman–Crippen MR) is 67.6 cm³/mol. The second-order valence-electron chi connectivity index (χ2n) is 3.49. The minimum absolute atomic E-state index is 0.261. The summed E-state index contributed by atoms with van der Waals surface area (Å²) < 4.78 is 5.34. The number of aromatic nitrogens is 2. The van der Waals surface area contributed by atoms with Crippen LogP contribution in [0.3, 0.4) is 0 Å². The number of benzene rings is 1. The first kappa shape index (κ1) is 12.0. The highest BCUT2D eigenvalue weighted by molar-refractivity contribution is 6.03. The Labute approximate surface area is 105 Å². The molecule has 1 aromatic heterocycles. The molecule has 0 spiro atoms. The van der Waals surface area contributed by atoms with E-state index in [9.17, 15) is 4.79 Å². The van der Waals surface area contributed by atoms with Gasteiger partial charge in [-0.15, -0.1) is 0 Å². The maximum atomic E-state index is 11.9. The van der Waals surface area contributed by atoms with Gasteiger partial charge in [-0.1, -0.05) is 6.07 Å². The van der Waals surface area contributed by atoms with Gasteiger partial charge in [-0.05, 0) is 31.2 Å². The molecule has 0 unspecified atom stereocenters. The monoisotopic (exact) mass is 243 g/mol. The molecule has 2 rings (SSSR count). The molecule has 18 heavy (non-hydrogen) atoms. The van der Waals surface area contributed by atoms with Crippen LogP contribution < -0.4 is 10.1 Å². The molecule has 5 heteroatoms. The third kappa shape index (κ3) is 3.04. The zero-order valence-corrected chi connectivity index (χ0v) is 9.96. The number of nitrogens with zero attached hydrogens (tertiary/aromatic N) is 2. The standard InChI is InChI=1S/C13H13N3O2/c1-2-18-11-6-3-5-10(9-11)12(17)16-13-14-7-4-8-15-13/h3-9H,2H2,1H3,(H,14,15,16,17). The van der Waals surface area contributed by atoms with Gasteiger partial charge in [0.2, 0.25) is 5.95 Å². The quantitative estimate of drug-likeness (QED) is 0.893. The largest absolute Gasteiger partial charge is 0.494 e. The molecule has 0 aliphatic rings. The van der Waals surface area contributed by atoms with Crippen molar-refractivity contribution in [3.05, 3.63) is 48.3 Å². The lowest BCUT2D eigenvalue weighted by atomic mass is 10.2. The Morgan fingerprint density at radius 3 is 2.78 bits per heavy atom. The van der Waals surface area contributed by atoms with E-state index in [4.69, 9.17) is 4.74 Å². The molecule has 0 saturated carbocycles. The van der Waals surface area contributed by atoms with E-state index in [1.165, 1.54) is 0 Å². The molecule has 0 aliphatic carbocycles. The fourth-order valence-corrected chi connectivity index (χ4v) is 1.43. The van der Waals surface area contributed by atoms with E-state index in [1.807, 2.05) is 6.92 Å². The number of anilines is 1. The molecule has 0 radical (unpaired) electrons. The highest BCUT2D eigenvalue weighted by Gasteiger charge is 2.08. The molecule has 1 amide bonds. The van der Waals surface area contributed by atoms with Gasteiger partial charge in [-0.25, -0.2) is 9.97 Å². The topological polar surface area (TPSA) is 64.1 Å². The van der Waals surface area contributed by atoms with Gasteiger partial charge in [0.1, 0.15) is 5.75 Å². The Morgan fingerprint density at radius 2 is 2.06 bits per heavy atom. The van der Waals surface area contributed by atoms with Gasteiger partial charge in [-0.3, -0.25) is 10.1 Å². The Bertz CT molecular complexity index is 529. The number of hydrogen-bond donors (Lipinski definition) is 1. The van der Waals surface area contributed by atoms with Gasteiger partial charge >= 0.3 is 0 Å². The van der Waals surface area contributed by atoms with Gasteiger partial charge in [0.15, 0.2) is 0 Å². The maximum absolute atomic E-state index is 11.9. The van der Waals surface area contributed by atoms with Crippen molar-refractivity contribution in [2.45, 2.75) is 6.92 Å². The summed E-state index contributed by atoms with van der Waals surface area (Å²) in [6, 6.07) is 8.65. The lowest BCUT2D eigenvalue weighted by molar-refractivity contribution is 0.102. The Morgan fingerprint density at radius 1 is 1.28 bits per heavy atom. The predicted octanol–water partition coefficient (Wildman–Crippen LogP) is 2.13. The van der Waals surface area contributed by atoms with Crippen molar-refractivity contribution in [3.8, 4) is 5.75 Å². The smallest absolute Gasteiger partial charge is 0.258 e. The van der Waals surface area contributed by atoms with Gasteiger partial charge in [0, 0.05) is 18.0 Å². The summed E-state index contributed by atoms with van der Waals surface area (Å²) in [6.45, 7) is 2.46. The van der Waals surface area contributed by atoms with Crippen LogP contribution in [0.25, 0.3) is 0 Å². The fraction of sp³-hybridized carbons (Fsp3) is 0.154. The van der Waals surface area contributed by atoms with Crippen LogP contribution in [0.4, 0.5) is 5.95 Å². The number of rotatable bonds is 4. The third-order valence-electron chi connectivity index (χ3n) is 2.20. The molecule has 5 nitrogen and oxygen atoms in total. The molecule has 1 N–H and O–H groups in total. The first-order chi connectivity index (χ1) is 8.79. The van der Waals surface area contributed by atoms with Crippen molar-refractivity contribution >= 4 is 11.9 Å². The summed E-state index contributed by atoms with van der Waals surface area (Å²) in [4.78, 5) is 19.8. The SMILES string of the molecule is CCOc1cccc(C(=O)Nc2ncccn2)c1. The second kappa shape index (κ2) is 5.77. The summed E-state index contributed by atoms with van der Waals surface area (Å²) in [5.74, 6) is 0.686. The summed E-state index contributed by atoms with van der Waals surface area (Å²) in [7, 11) is 0. The van der Waals surface area contributed by atoms with Crippen molar-refractivity contribution in [1.29, 1.82) is 0 Å². The lowest BCUT2D eigenvalue weighted by Gasteiger charge is -2.06. The van der Waals surface area contributed by atoms with E-state index in [-0.39, 0.29) is 11.9 Å². The van der Waals surface area contributed by atoms with Crippen LogP contribution >= 0.6 is 0 Å². The third-order valence-corrected chi connectivity index (χ3v) is 2.20. The molecule has 0 bridgehead atoms. The molecule has 1 aromatic carbocycles. The molecule has 0 saturated heterocycles. The van der Waals surface area contributed by atoms with Crippen LogP contribution in [0.2, 0.25) is 0 Å². The van der Waals surface area contributed by atoms with Crippen molar-refractivity contribution in [1.82, 2.24) is 9.97 Å². The second-order valence-corrected chi connectivity index (χ2v) is 3.49. The molecule has 92 valence electrons. The molecule has 0 fully saturated rings. The lowest BCUT2D eigenvalue weighted by Crippen LogP contribution is -2.14. The molecular formula is C13H13N3O2. The molecule has 0 atom stereocenters. The van der Waals surface area contributed by atoms with Gasteiger partial charge in [0.05, 0.1) is 6.61 Å². The van der Waals surface area contributed by atoms with Crippen LogP contribution in [0.1, 0.15) is 17.3 Å². The zero-order chi connectivity index (χ0) is 12.8. The average Bonchev–Trinajstić information content (AvgIpc) is 2.40. The van der Waals surface area contributed by atoms with Crippen LogP contribution in [0, 0.1) is 0 Å². The van der Waals surface area contributed by atoms with E-state index in [0.29, 0.717) is 17.9 Å². The first-order valence-corrected chi connectivity index (χ1v) is 5.61. The number of carbonyl (C=O) groups excluding carboxylic acids is 1. The summed E-state index contributed by atoms with van der Waals surface area (Å²) in [5, 5.41) is 2.61. The van der Waals surface area contributed by atoms with Gasteiger partial charge in [-0.2, -0.15) is 0 Å². The number of nitrogens with one attached hydrogen (secondary N) is 1. The minimum Gasteiger partial charge on any atom is -0.494 e. The summed E-state index contributed by atoms with van der Waals surface area (Å²) in [5.41, 5.74) is 0.508. The molecule has 0 aliphatic heterocycles. The van der Waals surface area contributed by atoms with Crippen molar-refractivity contribution in [2.24, 2.45) is 0 Å². The maximum Gasteiger partial charge on any atom is 0.258 e. The average molecular weight is 243 g/mol. The number of ether oxygens (including phenoxy) is 1. The summed E-state index contributed by atoms with van der Waals surface area (Å²) in [6.07, 6.45) is 3.14. The zero-order valence-electron chi connectivity index (χ0n) is 9.96. The molecule has 2 aromatic rings. The van der Waals surface area contributed by atoms with E-state index < -0.39 is 0 Å². The Hall–Kier alpha value is -2.43. The van der Waals surface area contributed by atoms with Crippen molar-refractivity contribution < 1.29 is 9.53 Å². The van der Waals surface area contributed by atoms with Gasteiger partial charge in [0.25, 0.3) is 5.91 Å². The fourth-order valence-electron chi connectivity index (χ4n) is 1.43. The molecular weight excluding hydrogens is 230 g/mol. The van der Waals surface area contributed by atoms with Crippen molar-refractivity contribution in [2.75, 3.05) is 11.9 Å². The molecule has 1 heterocycles.